The van der Waals surface area contributed by atoms with E-state index in [0.717, 1.165) is 0 Å². The molecule has 2 aliphatic rings. The lowest BCUT2D eigenvalue weighted by molar-refractivity contribution is -0.132. The second-order valence-corrected chi connectivity index (χ2v) is 8.06. The highest BCUT2D eigenvalue weighted by Crippen LogP contribution is 2.28. The highest BCUT2D eigenvalue weighted by atomic mass is 19.3. The summed E-state index contributed by atoms with van der Waals surface area (Å²) in [6.45, 7) is 1.17. The summed E-state index contributed by atoms with van der Waals surface area (Å²) in [5.74, 6) is -2.03. The molecule has 1 unspecified atom stereocenters. The molecule has 2 aliphatic heterocycles. The largest absolute Gasteiger partial charge is 0.442 e. The first kappa shape index (κ1) is 22.7. The van der Waals surface area contributed by atoms with Crippen LogP contribution >= 0.6 is 0 Å². The van der Waals surface area contributed by atoms with E-state index in [1.807, 2.05) is 5.32 Å². The minimum atomic E-state index is -3.17. The summed E-state index contributed by atoms with van der Waals surface area (Å²) >= 11 is 0. The van der Waals surface area contributed by atoms with Crippen molar-refractivity contribution in [2.75, 3.05) is 36.0 Å². The van der Waals surface area contributed by atoms with E-state index in [2.05, 4.69) is 9.97 Å². The zero-order valence-corrected chi connectivity index (χ0v) is 18.2. The molecule has 1 aromatic carbocycles. The molecule has 1 atom stereocenters. The van der Waals surface area contributed by atoms with Crippen LogP contribution in [0.25, 0.3) is 11.2 Å². The monoisotopic (exact) mass is 491 g/mol. The Morgan fingerprint density at radius 1 is 1.11 bits per heavy atom. The summed E-state index contributed by atoms with van der Waals surface area (Å²) in [4.78, 5) is 47.2. The van der Waals surface area contributed by atoms with Gasteiger partial charge in [-0.2, -0.15) is 8.78 Å². The maximum absolute atomic E-state index is 15.1. The van der Waals surface area contributed by atoms with E-state index < -0.39 is 30.3 Å². The molecular formula is C21H20F3N7O4. The van der Waals surface area contributed by atoms with Crippen molar-refractivity contribution in [2.45, 2.75) is 25.6 Å². The molecule has 0 spiro atoms. The van der Waals surface area contributed by atoms with Gasteiger partial charge < -0.3 is 15.0 Å². The van der Waals surface area contributed by atoms with Crippen LogP contribution in [0.15, 0.2) is 35.4 Å². The van der Waals surface area contributed by atoms with Crippen molar-refractivity contribution in [2.24, 2.45) is 0 Å². The number of halogens is 3. The molecule has 1 N–H and O–H groups in total. The zero-order valence-electron chi connectivity index (χ0n) is 18.2. The van der Waals surface area contributed by atoms with Gasteiger partial charge in [-0.05, 0) is 18.2 Å². The molecule has 1 fully saturated rings. The maximum Gasteiger partial charge on any atom is 0.414 e. The minimum absolute atomic E-state index is 0.0304. The van der Waals surface area contributed by atoms with Gasteiger partial charge in [-0.25, -0.2) is 23.8 Å². The van der Waals surface area contributed by atoms with Crippen LogP contribution < -0.4 is 20.7 Å². The summed E-state index contributed by atoms with van der Waals surface area (Å²) in [6, 6.07) is 4.28. The maximum atomic E-state index is 15.1. The third-order valence-corrected chi connectivity index (χ3v) is 5.98. The van der Waals surface area contributed by atoms with Crippen LogP contribution in [-0.2, 0) is 22.6 Å². The molecule has 35 heavy (non-hydrogen) atoms. The number of anilines is 2. The van der Waals surface area contributed by atoms with E-state index in [1.165, 1.54) is 29.4 Å². The van der Waals surface area contributed by atoms with E-state index in [4.69, 9.17) is 4.74 Å². The molecule has 14 heteroatoms. The molecule has 0 radical (unpaired) electrons. The van der Waals surface area contributed by atoms with Crippen molar-refractivity contribution in [3.63, 3.8) is 0 Å². The minimum Gasteiger partial charge on any atom is -0.442 e. The number of aromatic nitrogens is 4. The van der Waals surface area contributed by atoms with E-state index in [0.29, 0.717) is 43.0 Å². The predicted octanol–water partition coefficient (Wildman–Crippen LogP) is 0.959. The van der Waals surface area contributed by atoms with Gasteiger partial charge in [0.25, 0.3) is 11.5 Å². The highest BCUT2D eigenvalue weighted by Gasteiger charge is 2.33. The number of carbonyl (C=O) groups is 2. The van der Waals surface area contributed by atoms with Gasteiger partial charge in [0.1, 0.15) is 11.9 Å². The summed E-state index contributed by atoms with van der Waals surface area (Å²) in [7, 11) is 0. The first-order valence-electron chi connectivity index (χ1n) is 10.8. The Hall–Kier alpha value is -4.10. The second kappa shape index (κ2) is 8.92. The van der Waals surface area contributed by atoms with Crippen LogP contribution in [-0.4, -0.2) is 70.0 Å². The quantitative estimate of drug-likeness (QED) is 0.566. The summed E-state index contributed by atoms with van der Waals surface area (Å²) in [6.07, 6.45) is -1.81. The highest BCUT2D eigenvalue weighted by molar-refractivity contribution is 5.90. The number of fused-ring (bicyclic) bond motifs is 3. The molecular weight excluding hydrogens is 471 g/mol. The van der Waals surface area contributed by atoms with Gasteiger partial charge in [-0.3, -0.25) is 19.2 Å². The van der Waals surface area contributed by atoms with Crippen LogP contribution in [0.3, 0.4) is 0 Å². The van der Waals surface area contributed by atoms with Crippen molar-refractivity contribution in [3.8, 4) is 0 Å². The van der Waals surface area contributed by atoms with Crippen LogP contribution in [0.1, 0.15) is 0 Å². The lowest BCUT2D eigenvalue weighted by Crippen LogP contribution is -2.37. The van der Waals surface area contributed by atoms with Gasteiger partial charge in [-0.15, -0.1) is 0 Å². The van der Waals surface area contributed by atoms with Crippen LogP contribution in [0.2, 0.25) is 0 Å². The SMILES string of the molecule is O=C(NCC1CN(c2ccc(N3CCn4c(=O)c5nccnc5n4CC3)c(F)c2)C(=O)O1)C(F)F. The second-order valence-electron chi connectivity index (χ2n) is 8.06. The molecule has 0 saturated carbocycles. The molecule has 4 heterocycles. The fraction of sp³-hybridized carbons (Fsp3) is 0.381. The summed E-state index contributed by atoms with van der Waals surface area (Å²) in [5.41, 5.74) is 1.05. The van der Waals surface area contributed by atoms with Crippen LogP contribution in [0, 0.1) is 5.82 Å². The smallest absolute Gasteiger partial charge is 0.414 e. The number of cyclic esters (lactones) is 1. The number of alkyl halides is 2. The average molecular weight is 491 g/mol. The van der Waals surface area contributed by atoms with Crippen molar-refractivity contribution in [1.82, 2.24) is 24.6 Å². The Labute approximate surface area is 195 Å². The lowest BCUT2D eigenvalue weighted by atomic mass is 10.2. The zero-order chi connectivity index (χ0) is 24.7. The Bertz CT molecular complexity index is 1360. The van der Waals surface area contributed by atoms with Gasteiger partial charge in [-0.1, -0.05) is 0 Å². The number of carbonyl (C=O) groups excluding carboxylic acids is 2. The molecule has 5 rings (SSSR count). The summed E-state index contributed by atoms with van der Waals surface area (Å²) in [5, 5.41) is 2.00. The van der Waals surface area contributed by atoms with Crippen molar-refractivity contribution >= 4 is 34.5 Å². The first-order chi connectivity index (χ1) is 16.8. The number of hydrogen-bond acceptors (Lipinski definition) is 7. The van der Waals surface area contributed by atoms with E-state index in [1.54, 1.807) is 20.3 Å². The molecule has 0 aliphatic carbocycles. The molecule has 2 aromatic heterocycles. The molecule has 184 valence electrons. The number of amides is 2. The first-order valence-corrected chi connectivity index (χ1v) is 10.8. The molecule has 3 aromatic rings. The van der Waals surface area contributed by atoms with Crippen molar-refractivity contribution < 1.29 is 27.5 Å². The Morgan fingerprint density at radius 2 is 1.86 bits per heavy atom. The third kappa shape index (κ3) is 4.15. The fourth-order valence-corrected chi connectivity index (χ4v) is 4.30. The predicted molar refractivity (Wildman–Crippen MR) is 117 cm³/mol. The van der Waals surface area contributed by atoms with Crippen LogP contribution in [0.4, 0.5) is 29.3 Å². The Morgan fingerprint density at radius 3 is 2.60 bits per heavy atom. The number of nitrogens with one attached hydrogen (secondary N) is 1. The fourth-order valence-electron chi connectivity index (χ4n) is 4.30. The van der Waals surface area contributed by atoms with Gasteiger partial charge >= 0.3 is 12.5 Å². The Balaban J connectivity index is 1.29. The van der Waals surface area contributed by atoms with Gasteiger partial charge in [0.05, 0.1) is 37.6 Å². The lowest BCUT2D eigenvalue weighted by Gasteiger charge is -2.23. The molecule has 0 bridgehead atoms. The normalized spacial score (nSPS) is 18.1. The third-order valence-electron chi connectivity index (χ3n) is 5.98. The van der Waals surface area contributed by atoms with Gasteiger partial charge in [0.15, 0.2) is 11.2 Å². The molecule has 1 saturated heterocycles. The van der Waals surface area contributed by atoms with E-state index in [-0.39, 0.29) is 24.3 Å². The number of nitrogens with zero attached hydrogens (tertiary/aromatic N) is 6. The average Bonchev–Trinajstić information content (AvgIpc) is 3.24. The van der Waals surface area contributed by atoms with Gasteiger partial charge in [0.2, 0.25) is 0 Å². The van der Waals surface area contributed by atoms with Crippen molar-refractivity contribution in [3.05, 3.63) is 46.8 Å². The Kier molecular flexibility index (Phi) is 5.78. The molecule has 2 amide bonds. The van der Waals surface area contributed by atoms with E-state index >= 15 is 4.39 Å². The standard InChI is InChI=1S/C21H20F3N7O4/c22-14-9-12(29-11-13(35-21(29)34)10-27-19(32)17(23)24)1-2-15(14)28-5-7-30-18-16(25-3-4-26-18)20(33)31(30)8-6-28/h1-4,9,13,17H,5-8,10-11H2,(H,27,32). The van der Waals surface area contributed by atoms with Crippen molar-refractivity contribution in [1.29, 1.82) is 0 Å². The van der Waals surface area contributed by atoms with Gasteiger partial charge in [0, 0.05) is 25.5 Å². The number of benzene rings is 1. The number of hydrogen-bond donors (Lipinski definition) is 1. The topological polar surface area (TPSA) is 115 Å². The summed E-state index contributed by atoms with van der Waals surface area (Å²) < 4.78 is 48.1. The van der Waals surface area contributed by atoms with Crippen LogP contribution in [0.5, 0.6) is 0 Å². The van der Waals surface area contributed by atoms with E-state index in [9.17, 15) is 23.2 Å². The number of ether oxygens (including phenoxy) is 1. The molecule has 11 nitrogen and oxygen atoms in total. The number of rotatable bonds is 5.